The SMILES string of the molecule is CC(C)c1ccc(N2C(=O)N[C@@H]3CCN(C(=O)C4CC4)[C@@H]3C2=O)cc1. The van der Waals surface area contributed by atoms with Gasteiger partial charge in [-0.2, -0.15) is 0 Å². The zero-order chi connectivity index (χ0) is 17.7. The minimum absolute atomic E-state index is 0.0621. The van der Waals surface area contributed by atoms with Crippen molar-refractivity contribution in [3.63, 3.8) is 0 Å². The van der Waals surface area contributed by atoms with Crippen LogP contribution in [-0.2, 0) is 9.59 Å². The Balaban J connectivity index is 1.61. The van der Waals surface area contributed by atoms with Crippen molar-refractivity contribution in [2.45, 2.75) is 51.1 Å². The van der Waals surface area contributed by atoms with Gasteiger partial charge in [-0.25, -0.2) is 9.69 Å². The topological polar surface area (TPSA) is 69.7 Å². The van der Waals surface area contributed by atoms with E-state index in [2.05, 4.69) is 19.2 Å². The summed E-state index contributed by atoms with van der Waals surface area (Å²) in [7, 11) is 0. The average Bonchev–Trinajstić information content (AvgIpc) is 3.35. The molecule has 0 bridgehead atoms. The molecule has 2 heterocycles. The van der Waals surface area contributed by atoms with Crippen LogP contribution in [-0.4, -0.2) is 41.4 Å². The molecule has 0 aromatic heterocycles. The molecule has 2 atom stereocenters. The Hall–Kier alpha value is -2.37. The minimum Gasteiger partial charge on any atom is -0.332 e. The molecule has 4 amide bonds. The molecule has 1 aliphatic carbocycles. The van der Waals surface area contributed by atoms with Gasteiger partial charge in [-0.15, -0.1) is 0 Å². The van der Waals surface area contributed by atoms with Crippen LogP contribution in [0.4, 0.5) is 10.5 Å². The zero-order valence-electron chi connectivity index (χ0n) is 14.6. The van der Waals surface area contributed by atoms with Crippen molar-refractivity contribution in [2.24, 2.45) is 5.92 Å². The van der Waals surface area contributed by atoms with Crippen LogP contribution in [0.2, 0.25) is 0 Å². The lowest BCUT2D eigenvalue weighted by Gasteiger charge is -2.37. The lowest BCUT2D eigenvalue weighted by atomic mass is 10.0. The number of anilines is 1. The predicted octanol–water partition coefficient (Wildman–Crippen LogP) is 2.25. The highest BCUT2D eigenvalue weighted by Crippen LogP contribution is 2.35. The van der Waals surface area contributed by atoms with Gasteiger partial charge in [-0.05, 0) is 42.9 Å². The van der Waals surface area contributed by atoms with E-state index in [1.54, 1.807) is 17.0 Å². The Morgan fingerprint density at radius 2 is 1.80 bits per heavy atom. The summed E-state index contributed by atoms with van der Waals surface area (Å²) in [5, 5.41) is 2.91. The first-order valence-corrected chi connectivity index (χ1v) is 9.02. The van der Waals surface area contributed by atoms with Gasteiger partial charge in [-0.1, -0.05) is 26.0 Å². The number of hydrogen-bond acceptors (Lipinski definition) is 3. The van der Waals surface area contributed by atoms with Gasteiger partial charge in [0.2, 0.25) is 5.91 Å². The van der Waals surface area contributed by atoms with Crippen LogP contribution in [0.25, 0.3) is 0 Å². The van der Waals surface area contributed by atoms with Crippen molar-refractivity contribution in [2.75, 3.05) is 11.4 Å². The van der Waals surface area contributed by atoms with E-state index in [1.165, 1.54) is 4.90 Å². The van der Waals surface area contributed by atoms with E-state index in [-0.39, 0.29) is 23.8 Å². The van der Waals surface area contributed by atoms with Gasteiger partial charge in [-0.3, -0.25) is 9.59 Å². The normalized spacial score (nSPS) is 26.0. The summed E-state index contributed by atoms with van der Waals surface area (Å²) >= 11 is 0. The molecule has 25 heavy (non-hydrogen) atoms. The number of urea groups is 1. The van der Waals surface area contributed by atoms with E-state index in [0.29, 0.717) is 24.6 Å². The first-order valence-electron chi connectivity index (χ1n) is 9.02. The van der Waals surface area contributed by atoms with Crippen molar-refractivity contribution < 1.29 is 14.4 Å². The fourth-order valence-corrected chi connectivity index (χ4v) is 3.77. The molecule has 132 valence electrons. The molecular weight excluding hydrogens is 318 g/mol. The van der Waals surface area contributed by atoms with Crippen LogP contribution in [0.15, 0.2) is 24.3 Å². The Morgan fingerprint density at radius 1 is 1.12 bits per heavy atom. The first kappa shape index (κ1) is 16.1. The van der Waals surface area contributed by atoms with Gasteiger partial charge >= 0.3 is 6.03 Å². The number of nitrogens with one attached hydrogen (secondary N) is 1. The third-order valence-electron chi connectivity index (χ3n) is 5.41. The molecule has 0 unspecified atom stereocenters. The molecule has 4 rings (SSSR count). The number of rotatable bonds is 3. The predicted molar refractivity (Wildman–Crippen MR) is 93.2 cm³/mol. The molecule has 6 heteroatoms. The number of fused-ring (bicyclic) bond motifs is 1. The fourth-order valence-electron chi connectivity index (χ4n) is 3.77. The lowest BCUT2D eigenvalue weighted by Crippen LogP contribution is -2.65. The number of hydrogen-bond donors (Lipinski definition) is 1. The molecule has 0 spiro atoms. The van der Waals surface area contributed by atoms with Gasteiger partial charge in [0.15, 0.2) is 0 Å². The Labute approximate surface area is 147 Å². The summed E-state index contributed by atoms with van der Waals surface area (Å²) < 4.78 is 0. The number of nitrogens with zero attached hydrogens (tertiary/aromatic N) is 2. The lowest BCUT2D eigenvalue weighted by molar-refractivity contribution is -0.139. The molecule has 0 radical (unpaired) electrons. The quantitative estimate of drug-likeness (QED) is 0.917. The van der Waals surface area contributed by atoms with E-state index in [4.69, 9.17) is 0 Å². The smallest absolute Gasteiger partial charge is 0.329 e. The molecular formula is C19H23N3O3. The second-order valence-corrected chi connectivity index (χ2v) is 7.52. The van der Waals surface area contributed by atoms with Crippen molar-refractivity contribution in [1.29, 1.82) is 0 Å². The third-order valence-corrected chi connectivity index (χ3v) is 5.41. The summed E-state index contributed by atoms with van der Waals surface area (Å²) in [6.45, 7) is 4.73. The third kappa shape index (κ3) is 2.69. The van der Waals surface area contributed by atoms with Gasteiger partial charge < -0.3 is 10.2 Å². The van der Waals surface area contributed by atoms with Crippen molar-refractivity contribution in [3.05, 3.63) is 29.8 Å². The van der Waals surface area contributed by atoms with Gasteiger partial charge in [0.05, 0.1) is 11.7 Å². The van der Waals surface area contributed by atoms with Crippen molar-refractivity contribution >= 4 is 23.5 Å². The molecule has 1 aromatic carbocycles. The maximum absolute atomic E-state index is 13.1. The monoisotopic (exact) mass is 341 g/mol. The van der Waals surface area contributed by atoms with Crippen LogP contribution in [0, 0.1) is 5.92 Å². The molecule has 3 fully saturated rings. The fraction of sp³-hybridized carbons (Fsp3) is 0.526. The first-order chi connectivity index (χ1) is 12.0. The molecule has 2 saturated heterocycles. The summed E-state index contributed by atoms with van der Waals surface area (Å²) in [6, 6.07) is 6.24. The van der Waals surface area contributed by atoms with Crippen LogP contribution < -0.4 is 10.2 Å². The Bertz CT molecular complexity index is 724. The van der Waals surface area contributed by atoms with Crippen molar-refractivity contribution in [1.82, 2.24) is 10.2 Å². The van der Waals surface area contributed by atoms with Gasteiger partial charge in [0, 0.05) is 12.5 Å². The van der Waals surface area contributed by atoms with E-state index in [9.17, 15) is 14.4 Å². The molecule has 1 N–H and O–H groups in total. The van der Waals surface area contributed by atoms with E-state index in [1.807, 2.05) is 12.1 Å². The van der Waals surface area contributed by atoms with Crippen LogP contribution in [0.5, 0.6) is 0 Å². The number of likely N-dealkylation sites (tertiary alicyclic amines) is 1. The number of carbonyl (C=O) groups excluding carboxylic acids is 3. The highest BCUT2D eigenvalue weighted by Gasteiger charge is 2.51. The second-order valence-electron chi connectivity index (χ2n) is 7.52. The molecule has 1 saturated carbocycles. The average molecular weight is 341 g/mol. The maximum atomic E-state index is 13.1. The second kappa shape index (κ2) is 5.86. The summed E-state index contributed by atoms with van der Waals surface area (Å²) in [6.07, 6.45) is 2.46. The van der Waals surface area contributed by atoms with E-state index >= 15 is 0 Å². The largest absolute Gasteiger partial charge is 0.332 e. The zero-order valence-corrected chi connectivity index (χ0v) is 14.6. The summed E-state index contributed by atoms with van der Waals surface area (Å²) in [5.74, 6) is 0.221. The van der Waals surface area contributed by atoms with E-state index < -0.39 is 12.1 Å². The molecule has 3 aliphatic rings. The van der Waals surface area contributed by atoms with Gasteiger partial charge in [0.25, 0.3) is 5.91 Å². The highest BCUT2D eigenvalue weighted by atomic mass is 16.2. The summed E-state index contributed by atoms with van der Waals surface area (Å²) in [4.78, 5) is 40.9. The number of benzene rings is 1. The number of carbonyl (C=O) groups is 3. The highest BCUT2D eigenvalue weighted by molar-refractivity contribution is 6.19. The Morgan fingerprint density at radius 3 is 2.40 bits per heavy atom. The molecule has 6 nitrogen and oxygen atoms in total. The van der Waals surface area contributed by atoms with Crippen LogP contribution in [0.3, 0.4) is 0 Å². The van der Waals surface area contributed by atoms with Crippen LogP contribution in [0.1, 0.15) is 44.6 Å². The Kier molecular flexibility index (Phi) is 3.78. The minimum atomic E-state index is -0.574. The molecule has 1 aromatic rings. The molecule has 2 aliphatic heterocycles. The standard InChI is InChI=1S/C19H23N3O3/c1-11(2)12-5-7-14(8-6-12)22-18(24)16-15(20-19(22)25)9-10-21(16)17(23)13-3-4-13/h5-8,11,13,15-16H,3-4,9-10H2,1-2H3,(H,20,25)/t15-,16+/m1/s1. The maximum Gasteiger partial charge on any atom is 0.329 e. The number of imide groups is 1. The van der Waals surface area contributed by atoms with Crippen molar-refractivity contribution in [3.8, 4) is 0 Å². The van der Waals surface area contributed by atoms with E-state index in [0.717, 1.165) is 18.4 Å². The number of amides is 4. The summed E-state index contributed by atoms with van der Waals surface area (Å²) in [5.41, 5.74) is 1.70. The van der Waals surface area contributed by atoms with Gasteiger partial charge in [0.1, 0.15) is 6.04 Å². The van der Waals surface area contributed by atoms with Crippen LogP contribution >= 0.6 is 0 Å².